The van der Waals surface area contributed by atoms with Crippen molar-refractivity contribution in [2.75, 3.05) is 26.7 Å². The van der Waals surface area contributed by atoms with E-state index in [1.165, 1.54) is 31.5 Å². The second-order valence-corrected chi connectivity index (χ2v) is 6.76. The summed E-state index contributed by atoms with van der Waals surface area (Å²) in [7, 11) is 2.22. The fraction of sp³-hybridized carbons (Fsp3) is 0.600. The van der Waals surface area contributed by atoms with E-state index in [0.29, 0.717) is 5.41 Å². The Balaban J connectivity index is 1.76. The van der Waals surface area contributed by atoms with Crippen LogP contribution in [-0.2, 0) is 6.54 Å². The number of benzene rings is 1. The molecular weight excluding hydrogens is 288 g/mol. The van der Waals surface area contributed by atoms with Crippen LogP contribution >= 0.6 is 15.9 Å². The average molecular weight is 311 g/mol. The molecule has 0 aliphatic carbocycles. The van der Waals surface area contributed by atoms with Gasteiger partial charge < -0.3 is 10.2 Å². The summed E-state index contributed by atoms with van der Waals surface area (Å²) in [6.07, 6.45) is 2.60. The van der Waals surface area contributed by atoms with Crippen molar-refractivity contribution in [1.29, 1.82) is 0 Å². The summed E-state index contributed by atoms with van der Waals surface area (Å²) in [4.78, 5) is 2.43. The van der Waals surface area contributed by atoms with Crippen molar-refractivity contribution in [1.82, 2.24) is 10.2 Å². The standard InChI is InChI=1S/C15H23BrN2/c1-15(7-9-18(2)10-8-15)12-17-11-13-3-5-14(16)6-4-13/h3-6,17H,7-12H2,1-2H3. The van der Waals surface area contributed by atoms with E-state index in [4.69, 9.17) is 0 Å². The molecule has 0 saturated carbocycles. The van der Waals surface area contributed by atoms with E-state index >= 15 is 0 Å². The average Bonchev–Trinajstić information content (AvgIpc) is 2.36. The zero-order valence-electron chi connectivity index (χ0n) is 11.4. The highest BCUT2D eigenvalue weighted by Crippen LogP contribution is 2.29. The SMILES string of the molecule is CN1CCC(C)(CNCc2ccc(Br)cc2)CC1. The van der Waals surface area contributed by atoms with Gasteiger partial charge in [-0.3, -0.25) is 0 Å². The highest BCUT2D eigenvalue weighted by atomic mass is 79.9. The zero-order chi connectivity index (χ0) is 13.0. The lowest BCUT2D eigenvalue weighted by molar-refractivity contribution is 0.137. The normalized spacial score (nSPS) is 19.9. The Bertz CT molecular complexity index is 367. The maximum Gasteiger partial charge on any atom is 0.0205 e. The molecule has 2 rings (SSSR count). The van der Waals surface area contributed by atoms with E-state index in [9.17, 15) is 0 Å². The van der Waals surface area contributed by atoms with Crippen LogP contribution in [0, 0.1) is 5.41 Å². The Labute approximate surface area is 119 Å². The first-order valence-electron chi connectivity index (χ1n) is 6.71. The van der Waals surface area contributed by atoms with Gasteiger partial charge in [0.25, 0.3) is 0 Å². The molecule has 1 aromatic rings. The van der Waals surface area contributed by atoms with Crippen molar-refractivity contribution in [3.05, 3.63) is 34.3 Å². The number of piperidine rings is 1. The molecule has 0 spiro atoms. The second kappa shape index (κ2) is 6.18. The van der Waals surface area contributed by atoms with Gasteiger partial charge in [0.1, 0.15) is 0 Å². The van der Waals surface area contributed by atoms with Crippen molar-refractivity contribution in [3.63, 3.8) is 0 Å². The maximum absolute atomic E-state index is 3.61. The number of likely N-dealkylation sites (tertiary alicyclic amines) is 1. The summed E-state index contributed by atoms with van der Waals surface area (Å²) in [5.41, 5.74) is 1.83. The molecule has 1 saturated heterocycles. The van der Waals surface area contributed by atoms with Crippen molar-refractivity contribution in [3.8, 4) is 0 Å². The number of nitrogens with zero attached hydrogens (tertiary/aromatic N) is 1. The molecule has 0 aromatic heterocycles. The lowest BCUT2D eigenvalue weighted by Crippen LogP contribution is -2.41. The lowest BCUT2D eigenvalue weighted by atomic mass is 9.80. The Morgan fingerprint density at radius 2 is 1.83 bits per heavy atom. The highest BCUT2D eigenvalue weighted by Gasteiger charge is 2.28. The van der Waals surface area contributed by atoms with Gasteiger partial charge in [-0.05, 0) is 56.1 Å². The molecule has 1 fully saturated rings. The van der Waals surface area contributed by atoms with Gasteiger partial charge in [0, 0.05) is 17.6 Å². The minimum Gasteiger partial charge on any atom is -0.312 e. The van der Waals surface area contributed by atoms with Crippen molar-refractivity contribution < 1.29 is 0 Å². The quantitative estimate of drug-likeness (QED) is 0.918. The molecule has 0 amide bonds. The van der Waals surface area contributed by atoms with Crippen LogP contribution < -0.4 is 5.32 Å². The number of rotatable bonds is 4. The van der Waals surface area contributed by atoms with Gasteiger partial charge >= 0.3 is 0 Å². The van der Waals surface area contributed by atoms with E-state index in [2.05, 4.69) is 64.4 Å². The van der Waals surface area contributed by atoms with Crippen LogP contribution in [0.3, 0.4) is 0 Å². The number of hydrogen-bond donors (Lipinski definition) is 1. The first kappa shape index (κ1) is 14.0. The molecule has 1 aromatic carbocycles. The largest absolute Gasteiger partial charge is 0.312 e. The Morgan fingerprint density at radius 3 is 2.44 bits per heavy atom. The van der Waals surface area contributed by atoms with Crippen LogP contribution in [0.5, 0.6) is 0 Å². The topological polar surface area (TPSA) is 15.3 Å². The molecule has 0 radical (unpaired) electrons. The summed E-state index contributed by atoms with van der Waals surface area (Å²) >= 11 is 3.47. The van der Waals surface area contributed by atoms with E-state index < -0.39 is 0 Å². The van der Waals surface area contributed by atoms with Gasteiger partial charge in [-0.2, -0.15) is 0 Å². The van der Waals surface area contributed by atoms with Crippen molar-refractivity contribution in [2.45, 2.75) is 26.3 Å². The third-order valence-corrected chi connectivity index (χ3v) is 4.52. The molecule has 3 heteroatoms. The van der Waals surface area contributed by atoms with Crippen LogP contribution in [0.1, 0.15) is 25.3 Å². The second-order valence-electron chi connectivity index (χ2n) is 5.84. The Kier molecular flexibility index (Phi) is 4.82. The molecule has 18 heavy (non-hydrogen) atoms. The maximum atomic E-state index is 3.61. The van der Waals surface area contributed by atoms with Gasteiger partial charge in [0.05, 0.1) is 0 Å². The number of nitrogens with one attached hydrogen (secondary N) is 1. The molecule has 1 aliphatic rings. The summed E-state index contributed by atoms with van der Waals surface area (Å²) in [5, 5.41) is 3.61. The van der Waals surface area contributed by atoms with Gasteiger partial charge in [-0.1, -0.05) is 35.0 Å². The summed E-state index contributed by atoms with van der Waals surface area (Å²) in [6, 6.07) is 8.56. The van der Waals surface area contributed by atoms with E-state index in [0.717, 1.165) is 17.6 Å². The monoisotopic (exact) mass is 310 g/mol. The molecule has 0 bridgehead atoms. The lowest BCUT2D eigenvalue weighted by Gasteiger charge is -2.38. The first-order chi connectivity index (χ1) is 8.57. The smallest absolute Gasteiger partial charge is 0.0205 e. The van der Waals surface area contributed by atoms with Gasteiger partial charge in [0.2, 0.25) is 0 Å². The van der Waals surface area contributed by atoms with Crippen LogP contribution in [0.2, 0.25) is 0 Å². The highest BCUT2D eigenvalue weighted by molar-refractivity contribution is 9.10. The third-order valence-electron chi connectivity index (χ3n) is 3.99. The van der Waals surface area contributed by atoms with E-state index in [1.807, 2.05) is 0 Å². The van der Waals surface area contributed by atoms with Gasteiger partial charge in [0.15, 0.2) is 0 Å². The molecule has 100 valence electrons. The van der Waals surface area contributed by atoms with Crippen LogP contribution in [0.4, 0.5) is 0 Å². The molecule has 1 heterocycles. The van der Waals surface area contributed by atoms with E-state index in [1.54, 1.807) is 0 Å². The third kappa shape index (κ3) is 4.08. The van der Waals surface area contributed by atoms with Crippen LogP contribution in [0.25, 0.3) is 0 Å². The first-order valence-corrected chi connectivity index (χ1v) is 7.50. The van der Waals surface area contributed by atoms with Crippen molar-refractivity contribution in [2.24, 2.45) is 5.41 Å². The molecule has 0 atom stereocenters. The predicted molar refractivity (Wildman–Crippen MR) is 80.7 cm³/mol. The van der Waals surface area contributed by atoms with Crippen LogP contribution in [-0.4, -0.2) is 31.6 Å². The van der Waals surface area contributed by atoms with Gasteiger partial charge in [-0.25, -0.2) is 0 Å². The Hall–Kier alpha value is -0.380. The molecular formula is C15H23BrN2. The Morgan fingerprint density at radius 1 is 1.22 bits per heavy atom. The van der Waals surface area contributed by atoms with Gasteiger partial charge in [-0.15, -0.1) is 0 Å². The number of hydrogen-bond acceptors (Lipinski definition) is 2. The zero-order valence-corrected chi connectivity index (χ0v) is 13.0. The van der Waals surface area contributed by atoms with Crippen molar-refractivity contribution >= 4 is 15.9 Å². The molecule has 0 unspecified atom stereocenters. The summed E-state index contributed by atoms with van der Waals surface area (Å²) < 4.78 is 1.15. The molecule has 2 nitrogen and oxygen atoms in total. The fourth-order valence-electron chi connectivity index (χ4n) is 2.45. The fourth-order valence-corrected chi connectivity index (χ4v) is 2.71. The predicted octanol–water partition coefficient (Wildman–Crippen LogP) is 3.27. The summed E-state index contributed by atoms with van der Waals surface area (Å²) in [5.74, 6) is 0. The van der Waals surface area contributed by atoms with Crippen LogP contribution in [0.15, 0.2) is 28.7 Å². The minimum absolute atomic E-state index is 0.474. The minimum atomic E-state index is 0.474. The summed E-state index contributed by atoms with van der Waals surface area (Å²) in [6.45, 7) is 6.97. The number of halogens is 1. The molecule has 1 aliphatic heterocycles. The van der Waals surface area contributed by atoms with E-state index in [-0.39, 0.29) is 0 Å². The molecule has 1 N–H and O–H groups in total.